The predicted molar refractivity (Wildman–Crippen MR) is 135 cm³/mol. The number of hydrogen-bond donors (Lipinski definition) is 2. The highest BCUT2D eigenvalue weighted by atomic mass is 16.2. The van der Waals surface area contributed by atoms with Gasteiger partial charge < -0.3 is 20.1 Å². The number of fused-ring (bicyclic) bond motifs is 1. The smallest absolute Gasteiger partial charge is 0.255 e. The Hall–Kier alpha value is -2.93. The predicted octanol–water partition coefficient (Wildman–Crippen LogP) is 2.90. The van der Waals surface area contributed by atoms with Crippen LogP contribution in [0.3, 0.4) is 0 Å². The molecule has 35 heavy (non-hydrogen) atoms. The van der Waals surface area contributed by atoms with Gasteiger partial charge in [-0.3, -0.25) is 14.4 Å². The number of nitrogens with zero attached hydrogens (tertiary/aromatic N) is 2. The Bertz CT molecular complexity index is 1120. The van der Waals surface area contributed by atoms with E-state index in [2.05, 4.69) is 34.3 Å². The van der Waals surface area contributed by atoms with E-state index < -0.39 is 0 Å². The second kappa shape index (κ2) is 9.61. The van der Waals surface area contributed by atoms with E-state index in [0.717, 1.165) is 56.7 Å². The van der Waals surface area contributed by atoms with Crippen LogP contribution in [0.5, 0.6) is 0 Å². The number of aromatic nitrogens is 1. The van der Waals surface area contributed by atoms with Crippen molar-refractivity contribution in [3.8, 4) is 0 Å². The van der Waals surface area contributed by atoms with Gasteiger partial charge in [-0.2, -0.15) is 0 Å². The lowest BCUT2D eigenvalue weighted by Gasteiger charge is -2.30. The third-order valence-corrected chi connectivity index (χ3v) is 8.01. The molecular weight excluding hydrogens is 440 g/mol. The topological polar surface area (TPSA) is 85.5 Å². The van der Waals surface area contributed by atoms with E-state index in [0.29, 0.717) is 23.1 Å². The molecule has 3 fully saturated rings. The third-order valence-electron chi connectivity index (χ3n) is 8.01. The lowest BCUT2D eigenvalue weighted by atomic mass is 9.93. The summed E-state index contributed by atoms with van der Waals surface area (Å²) in [6, 6.07) is 11.8. The van der Waals surface area contributed by atoms with Gasteiger partial charge in [0, 0.05) is 50.4 Å². The van der Waals surface area contributed by atoms with E-state index in [1.807, 2.05) is 30.0 Å². The highest BCUT2D eigenvalue weighted by Gasteiger charge is 2.43. The first-order valence-corrected chi connectivity index (χ1v) is 12.9. The second-order valence-electron chi connectivity index (χ2n) is 10.9. The first-order valence-electron chi connectivity index (χ1n) is 12.9. The van der Waals surface area contributed by atoms with Crippen LogP contribution in [-0.2, 0) is 4.79 Å². The molecule has 3 heterocycles. The molecule has 1 saturated carbocycles. The number of rotatable bonds is 7. The van der Waals surface area contributed by atoms with Crippen molar-refractivity contribution in [1.82, 2.24) is 20.1 Å². The van der Waals surface area contributed by atoms with E-state index in [-0.39, 0.29) is 35.3 Å². The van der Waals surface area contributed by atoms with Crippen LogP contribution >= 0.6 is 0 Å². The van der Waals surface area contributed by atoms with Crippen LogP contribution in [0.4, 0.5) is 0 Å². The van der Waals surface area contributed by atoms with Gasteiger partial charge in [0.2, 0.25) is 11.5 Å². The molecule has 0 spiro atoms. The van der Waals surface area contributed by atoms with Crippen LogP contribution in [0.25, 0.3) is 0 Å². The van der Waals surface area contributed by atoms with Crippen LogP contribution in [0, 0.1) is 37.5 Å². The molecule has 1 aromatic carbocycles. The van der Waals surface area contributed by atoms with Gasteiger partial charge in [-0.25, -0.2) is 0 Å². The molecule has 7 nitrogen and oxygen atoms in total. The van der Waals surface area contributed by atoms with E-state index >= 15 is 0 Å². The normalized spacial score (nSPS) is 23.7. The number of pyridine rings is 1. The Labute approximate surface area is 206 Å². The van der Waals surface area contributed by atoms with Crippen molar-refractivity contribution < 1.29 is 9.59 Å². The van der Waals surface area contributed by atoms with Gasteiger partial charge in [-0.05, 0) is 55.6 Å². The molecule has 2 aliphatic heterocycles. The van der Waals surface area contributed by atoms with Gasteiger partial charge in [0.1, 0.15) is 0 Å². The molecule has 3 aliphatic rings. The lowest BCUT2D eigenvalue weighted by molar-refractivity contribution is -0.123. The SMILES string of the molecule is Cc1cc(=O)[nH]c(C)c1C(=O)N1CC2CN(CC(C)[C@H](NC(=O)C3CC3)c3ccccc3)CC2C1. The fraction of sp³-hybridized carbons (Fsp3) is 0.536. The quantitative estimate of drug-likeness (QED) is 0.644. The van der Waals surface area contributed by atoms with Gasteiger partial charge in [0.25, 0.3) is 5.91 Å². The Morgan fingerprint density at radius 2 is 1.71 bits per heavy atom. The molecule has 0 radical (unpaired) electrons. The number of hydrogen-bond acceptors (Lipinski definition) is 4. The minimum atomic E-state index is -0.165. The van der Waals surface area contributed by atoms with Crippen LogP contribution < -0.4 is 10.9 Å². The molecular formula is C28H36N4O3. The number of aryl methyl sites for hydroxylation is 2. The monoisotopic (exact) mass is 476 g/mol. The first-order chi connectivity index (χ1) is 16.8. The van der Waals surface area contributed by atoms with Gasteiger partial charge in [0.05, 0.1) is 11.6 Å². The van der Waals surface area contributed by atoms with Crippen molar-refractivity contribution in [3.63, 3.8) is 0 Å². The number of benzene rings is 1. The number of carbonyl (C=O) groups is 2. The van der Waals surface area contributed by atoms with E-state index in [1.54, 1.807) is 6.92 Å². The second-order valence-corrected chi connectivity index (χ2v) is 10.9. The molecule has 2 N–H and O–H groups in total. The lowest BCUT2D eigenvalue weighted by Crippen LogP contribution is -2.40. The van der Waals surface area contributed by atoms with E-state index in [1.165, 1.54) is 6.07 Å². The van der Waals surface area contributed by atoms with Crippen LogP contribution in [0.2, 0.25) is 0 Å². The van der Waals surface area contributed by atoms with Gasteiger partial charge in [-0.15, -0.1) is 0 Å². The Morgan fingerprint density at radius 1 is 1.06 bits per heavy atom. The maximum Gasteiger partial charge on any atom is 0.255 e. The van der Waals surface area contributed by atoms with E-state index in [9.17, 15) is 14.4 Å². The molecule has 2 saturated heterocycles. The van der Waals surface area contributed by atoms with Crippen LogP contribution in [0.15, 0.2) is 41.2 Å². The van der Waals surface area contributed by atoms with Crippen molar-refractivity contribution >= 4 is 11.8 Å². The average molecular weight is 477 g/mol. The molecule has 2 amide bonds. The summed E-state index contributed by atoms with van der Waals surface area (Å²) in [5.74, 6) is 1.61. The summed E-state index contributed by atoms with van der Waals surface area (Å²) in [6.07, 6.45) is 2.01. The Balaban J connectivity index is 1.21. The molecule has 1 aromatic heterocycles. The number of nitrogens with one attached hydrogen (secondary N) is 2. The zero-order chi connectivity index (χ0) is 24.7. The number of likely N-dealkylation sites (tertiary alicyclic amines) is 2. The van der Waals surface area contributed by atoms with Crippen molar-refractivity contribution in [3.05, 3.63) is 69.1 Å². The van der Waals surface area contributed by atoms with Crippen LogP contribution in [0.1, 0.15) is 53.0 Å². The Kier molecular flexibility index (Phi) is 6.53. The molecule has 5 rings (SSSR count). The Morgan fingerprint density at radius 3 is 2.31 bits per heavy atom. The fourth-order valence-electron chi connectivity index (χ4n) is 6.08. The highest BCUT2D eigenvalue weighted by Crippen LogP contribution is 2.35. The summed E-state index contributed by atoms with van der Waals surface area (Å²) in [6.45, 7) is 10.2. The number of amides is 2. The molecule has 3 unspecified atom stereocenters. The molecule has 7 heteroatoms. The summed E-state index contributed by atoms with van der Waals surface area (Å²) in [4.78, 5) is 44.8. The van der Waals surface area contributed by atoms with Gasteiger partial charge in [-0.1, -0.05) is 37.3 Å². The molecule has 186 valence electrons. The number of H-pyrrole nitrogens is 1. The third kappa shape index (κ3) is 5.06. The number of aromatic amines is 1. The van der Waals surface area contributed by atoms with E-state index in [4.69, 9.17) is 0 Å². The van der Waals surface area contributed by atoms with Gasteiger partial charge in [0.15, 0.2) is 0 Å². The fourth-order valence-corrected chi connectivity index (χ4v) is 6.08. The largest absolute Gasteiger partial charge is 0.349 e. The van der Waals surface area contributed by atoms with Crippen molar-refractivity contribution in [2.75, 3.05) is 32.7 Å². The molecule has 4 atom stereocenters. The highest BCUT2D eigenvalue weighted by molar-refractivity contribution is 5.96. The summed E-state index contributed by atoms with van der Waals surface area (Å²) in [5, 5.41) is 3.33. The van der Waals surface area contributed by atoms with Crippen molar-refractivity contribution in [2.45, 2.75) is 39.7 Å². The summed E-state index contributed by atoms with van der Waals surface area (Å²) in [7, 11) is 0. The molecule has 2 aromatic rings. The van der Waals surface area contributed by atoms with Gasteiger partial charge >= 0.3 is 0 Å². The zero-order valence-electron chi connectivity index (χ0n) is 20.9. The standard InChI is InChI=1S/C28H36N4O3/c1-17-11-24(33)29-19(3)25(17)28(35)32-15-22-13-31(14-23(22)16-32)12-18(2)26(20-7-5-4-6-8-20)30-27(34)21-9-10-21/h4-8,11,18,21-23,26H,9-10,12-16H2,1-3H3,(H,29,33)(H,30,34)/t18?,22?,23?,26-/m0/s1. The zero-order valence-corrected chi connectivity index (χ0v) is 20.9. The summed E-state index contributed by atoms with van der Waals surface area (Å²) < 4.78 is 0. The minimum Gasteiger partial charge on any atom is -0.349 e. The van der Waals surface area contributed by atoms with Crippen molar-refractivity contribution in [2.24, 2.45) is 23.7 Å². The van der Waals surface area contributed by atoms with Crippen molar-refractivity contribution in [1.29, 1.82) is 0 Å². The maximum atomic E-state index is 13.2. The molecule has 0 bridgehead atoms. The number of carbonyl (C=O) groups excluding carboxylic acids is 2. The summed E-state index contributed by atoms with van der Waals surface area (Å²) >= 11 is 0. The van der Waals surface area contributed by atoms with Crippen LogP contribution in [-0.4, -0.2) is 59.3 Å². The summed E-state index contributed by atoms with van der Waals surface area (Å²) in [5.41, 5.74) is 3.02. The molecule has 1 aliphatic carbocycles. The maximum absolute atomic E-state index is 13.2. The average Bonchev–Trinajstić information content (AvgIpc) is 3.49. The first kappa shape index (κ1) is 23.8. The minimum absolute atomic E-state index is 0.00834.